The monoisotopic (exact) mass is 366 g/mol. The number of hydrogen-bond acceptors (Lipinski definition) is 2. The van der Waals surface area contributed by atoms with Gasteiger partial charge >= 0.3 is 0 Å². The number of amides is 2. The molecule has 0 radical (unpaired) electrons. The standard InChI is InChI=1S/C23H30N2O2/c1-18(26)25(21-14-12-20(13-15-21)23(2,3)4)17-22(27)24-16-8-11-19-9-6-5-7-10-19/h5-7,9-10,12-15H,8,11,16-17H2,1-4H3,(H,24,27). The van der Waals surface area contributed by atoms with Crippen LogP contribution in [0.5, 0.6) is 0 Å². The van der Waals surface area contributed by atoms with Crippen molar-refractivity contribution in [2.24, 2.45) is 0 Å². The number of hydrogen-bond donors (Lipinski definition) is 1. The van der Waals surface area contributed by atoms with Crippen LogP contribution in [0.2, 0.25) is 0 Å². The molecule has 0 saturated heterocycles. The molecule has 4 heteroatoms. The van der Waals surface area contributed by atoms with Crippen LogP contribution in [-0.2, 0) is 21.4 Å². The average Bonchev–Trinajstić information content (AvgIpc) is 2.63. The fraction of sp³-hybridized carbons (Fsp3) is 0.391. The predicted octanol–water partition coefficient (Wildman–Crippen LogP) is 4.09. The lowest BCUT2D eigenvalue weighted by Crippen LogP contribution is -2.40. The third-order valence-corrected chi connectivity index (χ3v) is 4.53. The van der Waals surface area contributed by atoms with Crippen LogP contribution in [0.25, 0.3) is 0 Å². The van der Waals surface area contributed by atoms with Crippen LogP contribution in [0.4, 0.5) is 5.69 Å². The summed E-state index contributed by atoms with van der Waals surface area (Å²) in [4.78, 5) is 25.8. The van der Waals surface area contributed by atoms with E-state index in [4.69, 9.17) is 0 Å². The van der Waals surface area contributed by atoms with Gasteiger partial charge < -0.3 is 10.2 Å². The summed E-state index contributed by atoms with van der Waals surface area (Å²) < 4.78 is 0. The predicted molar refractivity (Wildman–Crippen MR) is 111 cm³/mol. The Kier molecular flexibility index (Phi) is 7.17. The molecule has 0 fully saturated rings. The van der Waals surface area contributed by atoms with Gasteiger partial charge in [-0.15, -0.1) is 0 Å². The van der Waals surface area contributed by atoms with Crippen LogP contribution in [0.1, 0.15) is 45.2 Å². The van der Waals surface area contributed by atoms with Crippen LogP contribution in [-0.4, -0.2) is 24.9 Å². The van der Waals surface area contributed by atoms with Gasteiger partial charge in [-0.25, -0.2) is 0 Å². The first-order valence-electron chi connectivity index (χ1n) is 9.46. The van der Waals surface area contributed by atoms with Crippen molar-refractivity contribution in [1.29, 1.82) is 0 Å². The molecule has 0 spiro atoms. The maximum Gasteiger partial charge on any atom is 0.240 e. The SMILES string of the molecule is CC(=O)N(CC(=O)NCCCc1ccccc1)c1ccc(C(C)(C)C)cc1. The summed E-state index contributed by atoms with van der Waals surface area (Å²) in [5.41, 5.74) is 3.25. The molecule has 1 N–H and O–H groups in total. The van der Waals surface area contributed by atoms with Gasteiger partial charge in [0, 0.05) is 19.2 Å². The zero-order valence-corrected chi connectivity index (χ0v) is 16.8. The van der Waals surface area contributed by atoms with E-state index in [1.54, 1.807) is 0 Å². The van der Waals surface area contributed by atoms with Crippen molar-refractivity contribution >= 4 is 17.5 Å². The zero-order chi connectivity index (χ0) is 19.9. The third kappa shape index (κ3) is 6.55. The Balaban J connectivity index is 1.87. The fourth-order valence-corrected chi connectivity index (χ4v) is 2.89. The molecule has 0 bridgehead atoms. The maximum atomic E-state index is 12.3. The normalized spacial score (nSPS) is 11.1. The lowest BCUT2D eigenvalue weighted by Gasteiger charge is -2.23. The molecular formula is C23H30N2O2. The molecule has 144 valence electrons. The molecule has 0 aliphatic rings. The van der Waals surface area contributed by atoms with Crippen LogP contribution in [0, 0.1) is 0 Å². The molecule has 0 aromatic heterocycles. The highest BCUT2D eigenvalue weighted by Crippen LogP contribution is 2.25. The van der Waals surface area contributed by atoms with Crippen LogP contribution in [0.3, 0.4) is 0 Å². The van der Waals surface area contributed by atoms with E-state index in [0.29, 0.717) is 6.54 Å². The lowest BCUT2D eigenvalue weighted by atomic mass is 9.87. The van der Waals surface area contributed by atoms with Gasteiger partial charge in [0.25, 0.3) is 0 Å². The Bertz CT molecular complexity index is 746. The summed E-state index contributed by atoms with van der Waals surface area (Å²) in [5.74, 6) is -0.281. The summed E-state index contributed by atoms with van der Waals surface area (Å²) in [7, 11) is 0. The number of nitrogens with one attached hydrogen (secondary N) is 1. The maximum absolute atomic E-state index is 12.3. The van der Waals surface area contributed by atoms with E-state index in [1.165, 1.54) is 23.0 Å². The molecular weight excluding hydrogens is 336 g/mol. The van der Waals surface area contributed by atoms with E-state index < -0.39 is 0 Å². The van der Waals surface area contributed by atoms with Gasteiger partial charge in [0.2, 0.25) is 11.8 Å². The molecule has 0 aliphatic carbocycles. The number of aryl methyl sites for hydroxylation is 1. The van der Waals surface area contributed by atoms with Crippen molar-refractivity contribution in [3.8, 4) is 0 Å². The topological polar surface area (TPSA) is 49.4 Å². The second-order valence-corrected chi connectivity index (χ2v) is 7.84. The van der Waals surface area contributed by atoms with E-state index in [9.17, 15) is 9.59 Å². The molecule has 0 heterocycles. The average molecular weight is 367 g/mol. The Morgan fingerprint density at radius 2 is 1.59 bits per heavy atom. The zero-order valence-electron chi connectivity index (χ0n) is 16.8. The molecule has 2 amide bonds. The quantitative estimate of drug-likeness (QED) is 0.751. The van der Waals surface area contributed by atoms with Crippen molar-refractivity contribution in [3.63, 3.8) is 0 Å². The minimum absolute atomic E-state index is 0.0372. The number of benzene rings is 2. The Morgan fingerprint density at radius 3 is 2.15 bits per heavy atom. The number of carbonyl (C=O) groups is 2. The Labute approximate surface area is 162 Å². The van der Waals surface area contributed by atoms with Gasteiger partial charge in [-0.1, -0.05) is 63.2 Å². The van der Waals surface area contributed by atoms with Gasteiger partial charge in [0.05, 0.1) is 0 Å². The molecule has 2 aromatic rings. The molecule has 0 aliphatic heterocycles. The van der Waals surface area contributed by atoms with E-state index in [2.05, 4.69) is 38.2 Å². The van der Waals surface area contributed by atoms with E-state index in [0.717, 1.165) is 18.5 Å². The second kappa shape index (κ2) is 9.36. The molecule has 2 aromatic carbocycles. The fourth-order valence-electron chi connectivity index (χ4n) is 2.89. The first-order valence-corrected chi connectivity index (χ1v) is 9.46. The minimum atomic E-state index is -0.141. The molecule has 0 atom stereocenters. The summed E-state index contributed by atoms with van der Waals surface area (Å²) in [6, 6.07) is 18.0. The molecule has 27 heavy (non-hydrogen) atoms. The van der Waals surface area contributed by atoms with Crippen molar-refractivity contribution in [2.45, 2.75) is 46.0 Å². The van der Waals surface area contributed by atoms with Crippen molar-refractivity contribution in [3.05, 3.63) is 65.7 Å². The highest BCUT2D eigenvalue weighted by Gasteiger charge is 2.18. The van der Waals surface area contributed by atoms with Gasteiger partial charge in [0.15, 0.2) is 0 Å². The number of nitrogens with zero attached hydrogens (tertiary/aromatic N) is 1. The number of anilines is 1. The van der Waals surface area contributed by atoms with Gasteiger partial charge in [-0.05, 0) is 41.5 Å². The largest absolute Gasteiger partial charge is 0.355 e. The molecule has 0 saturated carbocycles. The number of carbonyl (C=O) groups excluding carboxylic acids is 2. The molecule has 4 nitrogen and oxygen atoms in total. The Morgan fingerprint density at radius 1 is 0.963 bits per heavy atom. The highest BCUT2D eigenvalue weighted by molar-refractivity contribution is 5.97. The molecule has 2 rings (SSSR count). The van der Waals surface area contributed by atoms with Gasteiger partial charge in [-0.3, -0.25) is 9.59 Å². The van der Waals surface area contributed by atoms with Crippen molar-refractivity contribution in [2.75, 3.05) is 18.0 Å². The number of rotatable bonds is 7. The van der Waals surface area contributed by atoms with Crippen molar-refractivity contribution in [1.82, 2.24) is 5.32 Å². The van der Waals surface area contributed by atoms with Gasteiger partial charge in [0.1, 0.15) is 6.54 Å². The van der Waals surface area contributed by atoms with E-state index in [-0.39, 0.29) is 23.8 Å². The first-order chi connectivity index (χ1) is 12.8. The summed E-state index contributed by atoms with van der Waals surface area (Å²) in [6.07, 6.45) is 1.79. The van der Waals surface area contributed by atoms with Crippen molar-refractivity contribution < 1.29 is 9.59 Å². The van der Waals surface area contributed by atoms with Gasteiger partial charge in [-0.2, -0.15) is 0 Å². The minimum Gasteiger partial charge on any atom is -0.355 e. The first kappa shape index (κ1) is 20.7. The van der Waals surface area contributed by atoms with E-state index in [1.807, 2.05) is 42.5 Å². The van der Waals surface area contributed by atoms with Crippen LogP contribution in [0.15, 0.2) is 54.6 Å². The molecule has 0 unspecified atom stereocenters. The lowest BCUT2D eigenvalue weighted by molar-refractivity contribution is -0.123. The summed E-state index contributed by atoms with van der Waals surface area (Å²) in [6.45, 7) is 8.56. The van der Waals surface area contributed by atoms with Crippen LogP contribution < -0.4 is 10.2 Å². The summed E-state index contributed by atoms with van der Waals surface area (Å²) >= 11 is 0. The van der Waals surface area contributed by atoms with E-state index >= 15 is 0 Å². The smallest absolute Gasteiger partial charge is 0.240 e. The van der Waals surface area contributed by atoms with Crippen LogP contribution >= 0.6 is 0 Å². The Hall–Kier alpha value is -2.62. The highest BCUT2D eigenvalue weighted by atomic mass is 16.2. The summed E-state index contributed by atoms with van der Waals surface area (Å²) in [5, 5.41) is 2.91. The third-order valence-electron chi connectivity index (χ3n) is 4.53. The second-order valence-electron chi connectivity index (χ2n) is 7.84.